The zero-order valence-corrected chi connectivity index (χ0v) is 8.97. The molecule has 0 radical (unpaired) electrons. The number of nitrogen functional groups attached to an aromatic ring is 1. The van der Waals surface area contributed by atoms with Crippen molar-refractivity contribution in [3.05, 3.63) is 18.1 Å². The van der Waals surface area contributed by atoms with Gasteiger partial charge in [0.2, 0.25) is 0 Å². The van der Waals surface area contributed by atoms with Crippen molar-refractivity contribution in [2.45, 2.75) is 24.8 Å². The van der Waals surface area contributed by atoms with Crippen molar-refractivity contribution < 1.29 is 0 Å². The minimum atomic E-state index is -0.0393. The molecule has 0 bridgehead atoms. The number of hydrogen-bond donors (Lipinski definition) is 2. The smallest absolute Gasteiger partial charge is 0.143 e. The lowest BCUT2D eigenvalue weighted by Gasteiger charge is -2.00. The molecular formula is C9H14N4S. The van der Waals surface area contributed by atoms with Gasteiger partial charge in [0.05, 0.1) is 12.4 Å². The van der Waals surface area contributed by atoms with E-state index in [0.29, 0.717) is 5.69 Å². The zero-order chi connectivity index (χ0) is 10.4. The number of nitrogens with two attached hydrogens (primary N) is 1. The van der Waals surface area contributed by atoms with Crippen LogP contribution in [-0.2, 0) is 0 Å². The van der Waals surface area contributed by atoms with Gasteiger partial charge in [-0.3, -0.25) is 5.41 Å². The van der Waals surface area contributed by atoms with Crippen LogP contribution in [0.15, 0.2) is 17.4 Å². The third kappa shape index (κ3) is 3.33. The summed E-state index contributed by atoms with van der Waals surface area (Å²) in [5.41, 5.74) is 5.69. The fourth-order valence-electron chi connectivity index (χ4n) is 0.851. The molecule has 1 aromatic heterocycles. The van der Waals surface area contributed by atoms with Gasteiger partial charge in [-0.1, -0.05) is 13.3 Å². The topological polar surface area (TPSA) is 75.7 Å². The lowest BCUT2D eigenvalue weighted by Crippen LogP contribution is -2.13. The number of hydrogen-bond acceptors (Lipinski definition) is 4. The van der Waals surface area contributed by atoms with Crippen LogP contribution in [-0.4, -0.2) is 21.6 Å². The Balaban J connectivity index is 2.51. The van der Waals surface area contributed by atoms with E-state index < -0.39 is 0 Å². The highest BCUT2D eigenvalue weighted by atomic mass is 32.2. The van der Waals surface area contributed by atoms with Gasteiger partial charge in [-0.15, -0.1) is 11.8 Å². The molecular weight excluding hydrogens is 196 g/mol. The van der Waals surface area contributed by atoms with Gasteiger partial charge >= 0.3 is 0 Å². The van der Waals surface area contributed by atoms with Crippen molar-refractivity contribution in [2.24, 2.45) is 5.73 Å². The van der Waals surface area contributed by atoms with E-state index in [4.69, 9.17) is 11.1 Å². The first-order valence-electron chi connectivity index (χ1n) is 4.53. The predicted molar refractivity (Wildman–Crippen MR) is 58.7 cm³/mol. The number of nitrogens with one attached hydrogen (secondary N) is 1. The summed E-state index contributed by atoms with van der Waals surface area (Å²) in [6.07, 6.45) is 5.57. The van der Waals surface area contributed by atoms with Crippen molar-refractivity contribution in [3.63, 3.8) is 0 Å². The molecule has 3 N–H and O–H groups in total. The van der Waals surface area contributed by atoms with E-state index in [-0.39, 0.29) is 5.84 Å². The van der Waals surface area contributed by atoms with Crippen LogP contribution in [0.25, 0.3) is 0 Å². The Kier molecular flexibility index (Phi) is 4.39. The standard InChI is InChI=1S/C9H14N4S/c1-2-3-4-14-8-6-12-7(5-13-8)9(10)11/h5-6H,2-4H2,1H3,(H3,10,11). The fraction of sp³-hybridized carbons (Fsp3) is 0.444. The Morgan fingerprint density at radius 1 is 1.50 bits per heavy atom. The molecule has 0 fully saturated rings. The molecule has 0 atom stereocenters. The Morgan fingerprint density at radius 3 is 2.79 bits per heavy atom. The molecule has 0 aliphatic carbocycles. The van der Waals surface area contributed by atoms with Gasteiger partial charge in [-0.05, 0) is 12.2 Å². The molecule has 0 spiro atoms. The van der Waals surface area contributed by atoms with E-state index in [1.807, 2.05) is 0 Å². The average molecular weight is 210 g/mol. The highest BCUT2D eigenvalue weighted by molar-refractivity contribution is 7.99. The van der Waals surface area contributed by atoms with E-state index >= 15 is 0 Å². The third-order valence-electron chi connectivity index (χ3n) is 1.65. The van der Waals surface area contributed by atoms with Crippen molar-refractivity contribution in [3.8, 4) is 0 Å². The summed E-state index contributed by atoms with van der Waals surface area (Å²) in [6, 6.07) is 0. The van der Waals surface area contributed by atoms with Crippen molar-refractivity contribution >= 4 is 17.6 Å². The summed E-state index contributed by atoms with van der Waals surface area (Å²) < 4.78 is 0. The summed E-state index contributed by atoms with van der Waals surface area (Å²) in [5.74, 6) is 1.02. The quantitative estimate of drug-likeness (QED) is 0.335. The van der Waals surface area contributed by atoms with Crippen molar-refractivity contribution in [2.75, 3.05) is 5.75 Å². The van der Waals surface area contributed by atoms with Gasteiger partial charge in [0.25, 0.3) is 0 Å². The van der Waals surface area contributed by atoms with E-state index in [1.165, 1.54) is 19.0 Å². The fourth-order valence-corrected chi connectivity index (χ4v) is 1.75. The van der Waals surface area contributed by atoms with Crippen molar-refractivity contribution in [1.29, 1.82) is 5.41 Å². The van der Waals surface area contributed by atoms with Crippen LogP contribution in [0.2, 0.25) is 0 Å². The Hall–Kier alpha value is -1.10. The van der Waals surface area contributed by atoms with Crippen molar-refractivity contribution in [1.82, 2.24) is 9.97 Å². The molecule has 0 aliphatic heterocycles. The van der Waals surface area contributed by atoms with Gasteiger partial charge in [-0.2, -0.15) is 0 Å². The minimum absolute atomic E-state index is 0.0393. The predicted octanol–water partition coefficient (Wildman–Crippen LogP) is 1.65. The Morgan fingerprint density at radius 2 is 2.29 bits per heavy atom. The number of aromatic nitrogens is 2. The molecule has 4 nitrogen and oxygen atoms in total. The van der Waals surface area contributed by atoms with Gasteiger partial charge in [-0.25, -0.2) is 9.97 Å². The first-order chi connectivity index (χ1) is 6.74. The van der Waals surface area contributed by atoms with Gasteiger partial charge in [0.15, 0.2) is 0 Å². The summed E-state index contributed by atoms with van der Waals surface area (Å²) in [6.45, 7) is 2.16. The van der Waals surface area contributed by atoms with E-state index in [0.717, 1.165) is 10.8 Å². The van der Waals surface area contributed by atoms with Crippen LogP contribution in [0.4, 0.5) is 0 Å². The molecule has 1 heterocycles. The second-order valence-electron chi connectivity index (χ2n) is 2.86. The molecule has 5 heteroatoms. The van der Waals surface area contributed by atoms with Crippen LogP contribution in [0, 0.1) is 5.41 Å². The molecule has 0 amide bonds. The van der Waals surface area contributed by atoms with E-state index in [1.54, 1.807) is 18.0 Å². The molecule has 0 saturated heterocycles. The summed E-state index contributed by atoms with van der Waals surface area (Å²) in [7, 11) is 0. The van der Waals surface area contributed by atoms with Crippen LogP contribution < -0.4 is 5.73 Å². The molecule has 0 aliphatic rings. The highest BCUT2D eigenvalue weighted by Crippen LogP contribution is 2.15. The Labute approximate surface area is 87.8 Å². The highest BCUT2D eigenvalue weighted by Gasteiger charge is 1.99. The van der Waals surface area contributed by atoms with Gasteiger partial charge in [0.1, 0.15) is 16.6 Å². The molecule has 14 heavy (non-hydrogen) atoms. The second kappa shape index (κ2) is 5.59. The first kappa shape index (κ1) is 11.0. The molecule has 0 saturated carbocycles. The number of thioether (sulfide) groups is 1. The summed E-state index contributed by atoms with van der Waals surface area (Å²) >= 11 is 1.68. The molecule has 0 aromatic carbocycles. The number of unbranched alkanes of at least 4 members (excludes halogenated alkanes) is 1. The van der Waals surface area contributed by atoms with Gasteiger partial charge < -0.3 is 5.73 Å². The molecule has 76 valence electrons. The second-order valence-corrected chi connectivity index (χ2v) is 3.97. The molecule has 1 rings (SSSR count). The van der Waals surface area contributed by atoms with Crippen LogP contribution in [0.1, 0.15) is 25.5 Å². The lowest BCUT2D eigenvalue weighted by molar-refractivity contribution is 0.893. The third-order valence-corrected chi connectivity index (χ3v) is 2.65. The zero-order valence-electron chi connectivity index (χ0n) is 8.16. The van der Waals surface area contributed by atoms with Gasteiger partial charge in [0, 0.05) is 0 Å². The van der Waals surface area contributed by atoms with Crippen LogP contribution in [0.3, 0.4) is 0 Å². The summed E-state index contributed by atoms with van der Waals surface area (Å²) in [5, 5.41) is 8.03. The minimum Gasteiger partial charge on any atom is -0.382 e. The maximum Gasteiger partial charge on any atom is 0.143 e. The SMILES string of the molecule is CCCCSc1cnc(C(=N)N)cn1. The normalized spacial score (nSPS) is 10.1. The largest absolute Gasteiger partial charge is 0.382 e. The summed E-state index contributed by atoms with van der Waals surface area (Å²) in [4.78, 5) is 8.18. The molecule has 1 aromatic rings. The maximum absolute atomic E-state index is 7.14. The molecule has 0 unspecified atom stereocenters. The van der Waals surface area contributed by atoms with Crippen LogP contribution >= 0.6 is 11.8 Å². The lowest BCUT2D eigenvalue weighted by atomic mass is 10.4. The average Bonchev–Trinajstić information content (AvgIpc) is 2.19. The number of nitrogens with zero attached hydrogens (tertiary/aromatic N) is 2. The van der Waals surface area contributed by atoms with E-state index in [2.05, 4.69) is 16.9 Å². The number of amidine groups is 1. The monoisotopic (exact) mass is 210 g/mol. The number of rotatable bonds is 5. The van der Waals surface area contributed by atoms with E-state index in [9.17, 15) is 0 Å². The first-order valence-corrected chi connectivity index (χ1v) is 5.52. The maximum atomic E-state index is 7.14. The Bertz CT molecular complexity index is 296. The van der Waals surface area contributed by atoms with Crippen LogP contribution in [0.5, 0.6) is 0 Å².